The van der Waals surface area contributed by atoms with Crippen molar-refractivity contribution in [1.29, 1.82) is 0 Å². The van der Waals surface area contributed by atoms with Crippen LogP contribution in [0.1, 0.15) is 31.4 Å². The molecule has 0 saturated carbocycles. The first-order valence-electron chi connectivity index (χ1n) is 6.55. The van der Waals surface area contributed by atoms with E-state index >= 15 is 0 Å². The van der Waals surface area contributed by atoms with Crippen molar-refractivity contribution in [2.24, 2.45) is 11.7 Å². The SMILES string of the molecule is Cc1ccc(C)c(S(=O)(=O)NCC(N)CC(C)C)c1. The highest BCUT2D eigenvalue weighted by Gasteiger charge is 2.18. The molecule has 0 aliphatic carbocycles. The molecule has 1 aromatic rings. The molecule has 0 aliphatic rings. The smallest absolute Gasteiger partial charge is 0.240 e. The third-order valence-corrected chi connectivity index (χ3v) is 4.51. The quantitative estimate of drug-likeness (QED) is 0.838. The van der Waals surface area contributed by atoms with Gasteiger partial charge in [0.05, 0.1) is 4.90 Å². The number of hydrogen-bond donors (Lipinski definition) is 2. The molecule has 0 bridgehead atoms. The van der Waals surface area contributed by atoms with Gasteiger partial charge in [-0.1, -0.05) is 26.0 Å². The maximum absolute atomic E-state index is 12.2. The van der Waals surface area contributed by atoms with E-state index in [-0.39, 0.29) is 12.6 Å². The Morgan fingerprint density at radius 3 is 2.47 bits per heavy atom. The van der Waals surface area contributed by atoms with Crippen molar-refractivity contribution < 1.29 is 8.42 Å². The summed E-state index contributed by atoms with van der Waals surface area (Å²) >= 11 is 0. The van der Waals surface area contributed by atoms with Gasteiger partial charge in [0.1, 0.15) is 0 Å². The lowest BCUT2D eigenvalue weighted by Gasteiger charge is -2.16. The van der Waals surface area contributed by atoms with Crippen LogP contribution in [0, 0.1) is 19.8 Å². The van der Waals surface area contributed by atoms with Crippen molar-refractivity contribution in [1.82, 2.24) is 4.72 Å². The second kappa shape index (κ2) is 6.50. The zero-order valence-electron chi connectivity index (χ0n) is 12.1. The molecule has 4 nitrogen and oxygen atoms in total. The van der Waals surface area contributed by atoms with Gasteiger partial charge in [-0.2, -0.15) is 0 Å². The Hall–Kier alpha value is -0.910. The minimum absolute atomic E-state index is 0.153. The van der Waals surface area contributed by atoms with Crippen molar-refractivity contribution in [3.05, 3.63) is 29.3 Å². The van der Waals surface area contributed by atoms with Gasteiger partial charge < -0.3 is 5.73 Å². The van der Waals surface area contributed by atoms with Crippen LogP contribution < -0.4 is 10.5 Å². The van der Waals surface area contributed by atoms with E-state index in [2.05, 4.69) is 18.6 Å². The minimum atomic E-state index is -3.47. The van der Waals surface area contributed by atoms with Gasteiger partial charge in [0.25, 0.3) is 0 Å². The molecule has 0 aromatic heterocycles. The predicted octanol–water partition coefficient (Wildman–Crippen LogP) is 1.96. The van der Waals surface area contributed by atoms with Gasteiger partial charge >= 0.3 is 0 Å². The summed E-state index contributed by atoms with van der Waals surface area (Å²) in [7, 11) is -3.47. The molecule has 3 N–H and O–H groups in total. The molecule has 0 radical (unpaired) electrons. The van der Waals surface area contributed by atoms with Gasteiger partial charge in [-0.25, -0.2) is 13.1 Å². The van der Waals surface area contributed by atoms with E-state index in [0.29, 0.717) is 10.8 Å². The minimum Gasteiger partial charge on any atom is -0.327 e. The Balaban J connectivity index is 2.79. The number of hydrogen-bond acceptors (Lipinski definition) is 3. The zero-order chi connectivity index (χ0) is 14.6. The van der Waals surface area contributed by atoms with Gasteiger partial charge in [-0.3, -0.25) is 0 Å². The first kappa shape index (κ1) is 16.1. The highest BCUT2D eigenvalue weighted by atomic mass is 32.2. The van der Waals surface area contributed by atoms with Crippen molar-refractivity contribution in [3.8, 4) is 0 Å². The second-order valence-electron chi connectivity index (χ2n) is 5.51. The van der Waals surface area contributed by atoms with Crippen LogP contribution in [-0.4, -0.2) is 21.0 Å². The number of nitrogens with one attached hydrogen (secondary N) is 1. The van der Waals surface area contributed by atoms with E-state index in [1.807, 2.05) is 19.1 Å². The van der Waals surface area contributed by atoms with E-state index in [9.17, 15) is 8.42 Å². The van der Waals surface area contributed by atoms with Gasteiger partial charge in [0, 0.05) is 12.6 Å². The summed E-state index contributed by atoms with van der Waals surface area (Å²) in [4.78, 5) is 0.337. The Morgan fingerprint density at radius 1 is 1.26 bits per heavy atom. The lowest BCUT2D eigenvalue weighted by Crippen LogP contribution is -2.38. The normalized spacial score (nSPS) is 13.8. The molecule has 0 saturated heterocycles. The summed E-state index contributed by atoms with van der Waals surface area (Å²) in [6, 6.07) is 5.25. The largest absolute Gasteiger partial charge is 0.327 e. The number of rotatable bonds is 6. The molecule has 19 heavy (non-hydrogen) atoms. The summed E-state index contributed by atoms with van der Waals surface area (Å²) < 4.78 is 27.1. The highest BCUT2D eigenvalue weighted by Crippen LogP contribution is 2.16. The fourth-order valence-electron chi connectivity index (χ4n) is 1.98. The van der Waals surface area contributed by atoms with Crippen LogP contribution in [0.4, 0.5) is 0 Å². The molecular weight excluding hydrogens is 260 g/mol. The van der Waals surface area contributed by atoms with Crippen LogP contribution in [0.15, 0.2) is 23.1 Å². The van der Waals surface area contributed by atoms with Crippen molar-refractivity contribution >= 4 is 10.0 Å². The first-order valence-corrected chi connectivity index (χ1v) is 8.03. The summed E-state index contributed by atoms with van der Waals surface area (Å²) in [6.45, 7) is 8.08. The highest BCUT2D eigenvalue weighted by molar-refractivity contribution is 7.89. The van der Waals surface area contributed by atoms with Crippen molar-refractivity contribution in [3.63, 3.8) is 0 Å². The van der Waals surface area contributed by atoms with Gasteiger partial charge in [0.2, 0.25) is 10.0 Å². The van der Waals surface area contributed by atoms with Crippen LogP contribution in [0.5, 0.6) is 0 Å². The van der Waals surface area contributed by atoms with Crippen LogP contribution in [-0.2, 0) is 10.0 Å². The van der Waals surface area contributed by atoms with Gasteiger partial charge in [0.15, 0.2) is 0 Å². The maximum atomic E-state index is 12.2. The van der Waals surface area contributed by atoms with Crippen LogP contribution in [0.2, 0.25) is 0 Å². The summed E-state index contributed by atoms with van der Waals surface area (Å²) in [6.07, 6.45) is 0.801. The van der Waals surface area contributed by atoms with Gasteiger partial charge in [-0.05, 0) is 43.4 Å². The van der Waals surface area contributed by atoms with Crippen molar-refractivity contribution in [2.45, 2.75) is 45.1 Å². The second-order valence-corrected chi connectivity index (χ2v) is 7.25. The molecule has 0 heterocycles. The Morgan fingerprint density at radius 2 is 1.89 bits per heavy atom. The van der Waals surface area contributed by atoms with Crippen LogP contribution >= 0.6 is 0 Å². The first-order chi connectivity index (χ1) is 8.72. The number of aryl methyl sites for hydroxylation is 2. The molecule has 0 amide bonds. The fourth-order valence-corrected chi connectivity index (χ4v) is 3.40. The monoisotopic (exact) mass is 284 g/mol. The molecule has 108 valence electrons. The molecule has 1 rings (SSSR count). The lowest BCUT2D eigenvalue weighted by molar-refractivity contribution is 0.485. The lowest BCUT2D eigenvalue weighted by atomic mass is 10.1. The number of benzene rings is 1. The molecule has 5 heteroatoms. The standard InChI is InChI=1S/C14H24N2O2S/c1-10(2)7-13(15)9-16-19(17,18)14-8-11(3)5-6-12(14)4/h5-6,8,10,13,16H,7,9,15H2,1-4H3. The van der Waals surface area contributed by atoms with Crippen molar-refractivity contribution in [2.75, 3.05) is 6.54 Å². The Bertz CT molecular complexity index is 524. The third-order valence-electron chi connectivity index (χ3n) is 2.94. The molecule has 1 aromatic carbocycles. The molecule has 1 unspecified atom stereocenters. The third kappa shape index (κ3) is 4.93. The Labute approximate surface area is 116 Å². The average molecular weight is 284 g/mol. The predicted molar refractivity (Wildman–Crippen MR) is 78.5 cm³/mol. The van der Waals surface area contributed by atoms with Crippen LogP contribution in [0.25, 0.3) is 0 Å². The molecule has 0 fully saturated rings. The number of sulfonamides is 1. The average Bonchev–Trinajstić information content (AvgIpc) is 2.29. The maximum Gasteiger partial charge on any atom is 0.240 e. The van der Waals surface area contributed by atoms with E-state index < -0.39 is 10.0 Å². The molecule has 0 aliphatic heterocycles. The van der Waals surface area contributed by atoms with E-state index in [1.54, 1.807) is 13.0 Å². The molecule has 1 atom stereocenters. The summed E-state index contributed by atoms with van der Waals surface area (Å²) in [5.41, 5.74) is 7.57. The van der Waals surface area contributed by atoms with Crippen LogP contribution in [0.3, 0.4) is 0 Å². The summed E-state index contributed by atoms with van der Waals surface area (Å²) in [5, 5.41) is 0. The van der Waals surface area contributed by atoms with E-state index in [1.165, 1.54) is 0 Å². The van der Waals surface area contributed by atoms with Gasteiger partial charge in [-0.15, -0.1) is 0 Å². The molecule has 0 spiro atoms. The van der Waals surface area contributed by atoms with E-state index in [0.717, 1.165) is 17.5 Å². The number of nitrogens with two attached hydrogens (primary N) is 1. The summed E-state index contributed by atoms with van der Waals surface area (Å²) in [5.74, 6) is 0.459. The zero-order valence-corrected chi connectivity index (χ0v) is 12.9. The fraction of sp³-hybridized carbons (Fsp3) is 0.571. The topological polar surface area (TPSA) is 72.2 Å². The molecular formula is C14H24N2O2S. The van der Waals surface area contributed by atoms with E-state index in [4.69, 9.17) is 5.73 Å². The Kier molecular flexibility index (Phi) is 5.52.